The molecule has 1 heteroatoms. The van der Waals surface area contributed by atoms with Crippen molar-refractivity contribution in [1.82, 2.24) is 0 Å². The Morgan fingerprint density at radius 3 is 1.55 bits per heavy atom. The molecule has 0 saturated carbocycles. The summed E-state index contributed by atoms with van der Waals surface area (Å²) >= 11 is 0. The molecule has 228 valence electrons. The van der Waals surface area contributed by atoms with Gasteiger partial charge in [-0.1, -0.05) is 158 Å². The Morgan fingerprint density at radius 1 is 0.367 bits per heavy atom. The Balaban J connectivity index is 1.24. The maximum absolute atomic E-state index is 9.68. The lowest BCUT2D eigenvalue weighted by Crippen LogP contribution is -1.90. The zero-order valence-corrected chi connectivity index (χ0v) is 26.3. The Kier molecular flexibility index (Phi) is 5.02. The lowest BCUT2D eigenvalue weighted by molar-refractivity contribution is 0.670. The van der Waals surface area contributed by atoms with Gasteiger partial charge in [0.05, 0.1) is 8.22 Å². The van der Waals surface area contributed by atoms with Gasteiger partial charge >= 0.3 is 0 Å². The van der Waals surface area contributed by atoms with Crippen molar-refractivity contribution in [3.05, 3.63) is 182 Å². The van der Waals surface area contributed by atoms with E-state index in [0.717, 1.165) is 54.6 Å². The predicted molar refractivity (Wildman–Crippen MR) is 208 cm³/mol. The Hall–Kier alpha value is -6.44. The van der Waals surface area contributed by atoms with E-state index in [1.807, 2.05) is 121 Å². The first kappa shape index (κ1) is 22.2. The molecule has 10 aromatic rings. The van der Waals surface area contributed by atoms with Crippen molar-refractivity contribution in [2.45, 2.75) is 0 Å². The molecule has 0 radical (unpaired) electrons. The summed E-state index contributed by atoms with van der Waals surface area (Å²) < 4.78 is 63.3. The first-order valence-electron chi connectivity index (χ1n) is 19.4. The SMILES string of the molecule is [2H]c1c(-c2cccc3c2oc2ccc(-c4ccccc4)cc23)c([2H])c2c([2H])c([2H])c(-c3c4ccccc4c(-c4ccccc4)c4ccccc34)c([2H])c2c1[2H]. The smallest absolute Gasteiger partial charge is 0.143 e. The Morgan fingerprint density at radius 2 is 0.898 bits per heavy atom. The predicted octanol–water partition coefficient (Wildman–Crippen LogP) is 13.7. The van der Waals surface area contributed by atoms with Crippen molar-refractivity contribution in [1.29, 1.82) is 0 Å². The van der Waals surface area contributed by atoms with Crippen molar-refractivity contribution in [3.8, 4) is 44.5 Å². The third-order valence-electron chi connectivity index (χ3n) is 9.49. The van der Waals surface area contributed by atoms with Gasteiger partial charge in [-0.15, -0.1) is 0 Å². The van der Waals surface area contributed by atoms with E-state index in [-0.39, 0.29) is 58.2 Å². The summed E-state index contributed by atoms with van der Waals surface area (Å²) in [7, 11) is 0. The van der Waals surface area contributed by atoms with Crippen LogP contribution in [0.1, 0.15) is 8.22 Å². The molecule has 0 spiro atoms. The summed E-state index contributed by atoms with van der Waals surface area (Å²) in [4.78, 5) is 0. The summed E-state index contributed by atoms with van der Waals surface area (Å²) in [5.74, 6) is 0. The van der Waals surface area contributed by atoms with Gasteiger partial charge in [0.25, 0.3) is 0 Å². The van der Waals surface area contributed by atoms with Gasteiger partial charge in [-0.2, -0.15) is 0 Å². The monoisotopic (exact) mass is 628 g/mol. The van der Waals surface area contributed by atoms with Crippen LogP contribution < -0.4 is 0 Å². The molecule has 49 heavy (non-hydrogen) atoms. The van der Waals surface area contributed by atoms with Gasteiger partial charge in [-0.05, 0) is 95.5 Å². The molecule has 0 amide bonds. The van der Waals surface area contributed by atoms with Crippen LogP contribution in [-0.2, 0) is 0 Å². The fourth-order valence-electron chi connectivity index (χ4n) is 7.25. The molecule has 0 fully saturated rings. The average Bonchev–Trinajstić information content (AvgIpc) is 3.60. The fourth-order valence-corrected chi connectivity index (χ4v) is 7.25. The Labute approximate surface area is 292 Å². The minimum atomic E-state index is -0.269. The number of hydrogen-bond acceptors (Lipinski definition) is 1. The number of rotatable bonds is 4. The lowest BCUT2D eigenvalue weighted by atomic mass is 9.85. The minimum Gasteiger partial charge on any atom is -0.455 e. The highest BCUT2D eigenvalue weighted by atomic mass is 16.3. The second-order valence-corrected chi connectivity index (χ2v) is 12.3. The molecule has 0 aliphatic rings. The first-order valence-corrected chi connectivity index (χ1v) is 16.4. The van der Waals surface area contributed by atoms with Crippen LogP contribution in [0.15, 0.2) is 186 Å². The van der Waals surface area contributed by atoms with E-state index in [1.54, 1.807) is 6.07 Å². The molecule has 0 unspecified atom stereocenters. The topological polar surface area (TPSA) is 13.1 Å². The van der Waals surface area contributed by atoms with Crippen molar-refractivity contribution in [2.75, 3.05) is 0 Å². The molecule has 0 N–H and O–H groups in total. The summed E-state index contributed by atoms with van der Waals surface area (Å²) in [5, 5.41) is 5.20. The van der Waals surface area contributed by atoms with Gasteiger partial charge in [0, 0.05) is 16.3 Å². The summed E-state index contributed by atoms with van der Waals surface area (Å²) in [6.07, 6.45) is 0. The number of furan rings is 1. The maximum Gasteiger partial charge on any atom is 0.143 e. The van der Waals surface area contributed by atoms with Crippen LogP contribution in [0.2, 0.25) is 0 Å². The van der Waals surface area contributed by atoms with Crippen molar-refractivity contribution in [2.24, 2.45) is 0 Å². The quantitative estimate of drug-likeness (QED) is 0.177. The van der Waals surface area contributed by atoms with Crippen LogP contribution in [0.4, 0.5) is 0 Å². The lowest BCUT2D eigenvalue weighted by Gasteiger charge is -2.18. The van der Waals surface area contributed by atoms with E-state index in [0.29, 0.717) is 22.3 Å². The second-order valence-electron chi connectivity index (χ2n) is 12.3. The van der Waals surface area contributed by atoms with E-state index >= 15 is 0 Å². The van der Waals surface area contributed by atoms with E-state index in [1.165, 1.54) is 0 Å². The number of benzene rings is 9. The molecule has 0 bridgehead atoms. The van der Waals surface area contributed by atoms with Crippen LogP contribution >= 0.6 is 0 Å². The molecular formula is C48H30O. The van der Waals surface area contributed by atoms with Crippen LogP contribution in [0, 0.1) is 0 Å². The molecule has 10 rings (SSSR count). The van der Waals surface area contributed by atoms with Gasteiger partial charge in [-0.3, -0.25) is 0 Å². The van der Waals surface area contributed by atoms with Crippen molar-refractivity contribution in [3.63, 3.8) is 0 Å². The van der Waals surface area contributed by atoms with E-state index in [2.05, 4.69) is 18.2 Å². The maximum atomic E-state index is 9.68. The fraction of sp³-hybridized carbons (Fsp3) is 0. The largest absolute Gasteiger partial charge is 0.455 e. The van der Waals surface area contributed by atoms with Crippen LogP contribution in [-0.4, -0.2) is 0 Å². The van der Waals surface area contributed by atoms with Crippen molar-refractivity contribution >= 4 is 54.3 Å². The molecular weight excluding hydrogens is 593 g/mol. The number of hydrogen-bond donors (Lipinski definition) is 0. The van der Waals surface area contributed by atoms with Gasteiger partial charge < -0.3 is 4.42 Å². The minimum absolute atomic E-state index is 0.00347. The molecule has 1 heterocycles. The van der Waals surface area contributed by atoms with Gasteiger partial charge in [0.1, 0.15) is 11.2 Å². The Bertz CT molecular complexity index is 3150. The summed E-state index contributed by atoms with van der Waals surface area (Å²) in [6, 6.07) is 46.3. The van der Waals surface area contributed by atoms with E-state index in [4.69, 9.17) is 4.42 Å². The van der Waals surface area contributed by atoms with Gasteiger partial charge in [0.15, 0.2) is 0 Å². The molecule has 9 aromatic carbocycles. The number of fused-ring (bicyclic) bond motifs is 6. The summed E-state index contributed by atoms with van der Waals surface area (Å²) in [6.45, 7) is 0. The van der Waals surface area contributed by atoms with Gasteiger partial charge in [0.2, 0.25) is 0 Å². The highest BCUT2D eigenvalue weighted by molar-refractivity contribution is 6.21. The highest BCUT2D eigenvalue weighted by Crippen LogP contribution is 2.44. The van der Waals surface area contributed by atoms with Crippen molar-refractivity contribution < 1.29 is 12.6 Å². The normalized spacial score (nSPS) is 13.4. The summed E-state index contributed by atoms with van der Waals surface area (Å²) in [5.41, 5.74) is 6.70. The standard InChI is InChI=1S/C48H30O/c1-3-12-31(13-4-1)35-26-27-45-44(30-35)43-21-11-20-38(48(43)49-45)36-24-22-34-29-37(25-23-33(34)28-36)47-41-18-9-7-16-39(41)46(32-14-5-2-6-15-32)40-17-8-10-19-42(40)47/h1-30H/i22D,23D,24D,25D,28D,29D. The second kappa shape index (κ2) is 11.1. The van der Waals surface area contributed by atoms with Crippen LogP contribution in [0.5, 0.6) is 0 Å². The third kappa shape index (κ3) is 4.47. The van der Waals surface area contributed by atoms with E-state index in [9.17, 15) is 8.22 Å². The average molecular weight is 629 g/mol. The number of para-hydroxylation sites is 1. The third-order valence-corrected chi connectivity index (χ3v) is 9.49. The van der Waals surface area contributed by atoms with E-state index < -0.39 is 0 Å². The molecule has 0 aliphatic carbocycles. The highest BCUT2D eigenvalue weighted by Gasteiger charge is 2.17. The van der Waals surface area contributed by atoms with Crippen LogP contribution in [0.3, 0.4) is 0 Å². The zero-order chi connectivity index (χ0) is 37.5. The van der Waals surface area contributed by atoms with Gasteiger partial charge in [-0.25, -0.2) is 0 Å². The first-order chi connectivity index (χ1) is 26.8. The zero-order valence-electron chi connectivity index (χ0n) is 32.3. The molecule has 1 aromatic heterocycles. The van der Waals surface area contributed by atoms with Crippen LogP contribution in [0.25, 0.3) is 98.8 Å². The molecule has 0 saturated heterocycles. The molecule has 0 aliphatic heterocycles. The molecule has 1 nitrogen and oxygen atoms in total. The molecule has 0 atom stereocenters.